The number of rotatable bonds is 3. The fraction of sp³-hybridized carbons (Fsp3) is 0.350. The molecule has 0 atom stereocenters. The van der Waals surface area contributed by atoms with Gasteiger partial charge < -0.3 is 14.8 Å². The second-order valence-electron chi connectivity index (χ2n) is 7.88. The number of halogens is 1. The molecule has 2 aromatic heterocycles. The number of benzene rings is 1. The third kappa shape index (κ3) is 3.62. The van der Waals surface area contributed by atoms with Crippen molar-refractivity contribution in [1.29, 1.82) is 0 Å². The van der Waals surface area contributed by atoms with Crippen LogP contribution in [0.5, 0.6) is 0 Å². The Morgan fingerprint density at radius 1 is 1.21 bits per heavy atom. The number of carbonyl (C=O) groups excluding carboxylic acids is 1. The SMILES string of the molecule is CC(C)(C)OC(=O)NC1(c2ccc(-c3cnc4c(Br)cnn4c3)cc2)COC1. The molecule has 0 bridgehead atoms. The molecule has 0 saturated carbocycles. The number of ether oxygens (including phenoxy) is 2. The van der Waals surface area contributed by atoms with Crippen molar-refractivity contribution >= 4 is 27.7 Å². The van der Waals surface area contributed by atoms with Crippen molar-refractivity contribution in [2.24, 2.45) is 0 Å². The molecule has 0 aliphatic carbocycles. The quantitative estimate of drug-likeness (QED) is 0.662. The van der Waals surface area contributed by atoms with Crippen LogP contribution in [0, 0.1) is 0 Å². The van der Waals surface area contributed by atoms with Crippen LogP contribution < -0.4 is 5.32 Å². The van der Waals surface area contributed by atoms with Crippen molar-refractivity contribution in [3.8, 4) is 11.1 Å². The Labute approximate surface area is 171 Å². The van der Waals surface area contributed by atoms with Gasteiger partial charge in [-0.2, -0.15) is 5.10 Å². The Balaban J connectivity index is 1.56. The van der Waals surface area contributed by atoms with Crippen LogP contribution in [-0.2, 0) is 15.0 Å². The molecule has 8 heteroatoms. The molecule has 7 nitrogen and oxygen atoms in total. The monoisotopic (exact) mass is 444 g/mol. The summed E-state index contributed by atoms with van der Waals surface area (Å²) in [6, 6.07) is 8.01. The summed E-state index contributed by atoms with van der Waals surface area (Å²) in [6.45, 7) is 6.36. The van der Waals surface area contributed by atoms with Crippen LogP contribution in [0.1, 0.15) is 26.3 Å². The molecule has 1 aliphatic heterocycles. The molecule has 0 spiro atoms. The first-order valence-electron chi connectivity index (χ1n) is 8.95. The Hall–Kier alpha value is -2.45. The number of hydrogen-bond acceptors (Lipinski definition) is 5. The normalized spacial score (nSPS) is 15.9. The van der Waals surface area contributed by atoms with E-state index >= 15 is 0 Å². The van der Waals surface area contributed by atoms with Gasteiger partial charge in [-0.05, 0) is 47.8 Å². The third-order valence-electron chi connectivity index (χ3n) is 4.52. The lowest BCUT2D eigenvalue weighted by atomic mass is 9.87. The number of fused-ring (bicyclic) bond motifs is 1. The van der Waals surface area contributed by atoms with E-state index in [0.29, 0.717) is 13.2 Å². The van der Waals surface area contributed by atoms with Crippen molar-refractivity contribution in [3.05, 3.63) is 52.9 Å². The number of nitrogens with zero attached hydrogens (tertiary/aromatic N) is 3. The van der Waals surface area contributed by atoms with E-state index in [1.165, 1.54) is 0 Å². The van der Waals surface area contributed by atoms with E-state index in [1.807, 2.05) is 57.4 Å². The van der Waals surface area contributed by atoms with Crippen LogP contribution in [-0.4, -0.2) is 39.5 Å². The van der Waals surface area contributed by atoms with Crippen LogP contribution in [0.25, 0.3) is 16.8 Å². The van der Waals surface area contributed by atoms with Gasteiger partial charge in [0.15, 0.2) is 5.65 Å². The van der Waals surface area contributed by atoms with Gasteiger partial charge >= 0.3 is 6.09 Å². The Bertz CT molecular complexity index is 1020. The van der Waals surface area contributed by atoms with Crippen LogP contribution in [0.15, 0.2) is 47.3 Å². The summed E-state index contributed by atoms with van der Waals surface area (Å²) in [5.74, 6) is 0. The highest BCUT2D eigenvalue weighted by Gasteiger charge is 2.42. The summed E-state index contributed by atoms with van der Waals surface area (Å²) < 4.78 is 13.4. The van der Waals surface area contributed by atoms with Gasteiger partial charge in [-0.1, -0.05) is 24.3 Å². The fourth-order valence-electron chi connectivity index (χ4n) is 3.09. The van der Waals surface area contributed by atoms with Gasteiger partial charge in [-0.15, -0.1) is 0 Å². The second kappa shape index (κ2) is 6.86. The van der Waals surface area contributed by atoms with Gasteiger partial charge in [0.05, 0.1) is 23.9 Å². The van der Waals surface area contributed by atoms with Gasteiger partial charge in [0, 0.05) is 18.0 Å². The molecule has 3 aromatic rings. The first-order valence-corrected chi connectivity index (χ1v) is 9.74. The summed E-state index contributed by atoms with van der Waals surface area (Å²) >= 11 is 3.43. The molecule has 0 radical (unpaired) electrons. The minimum atomic E-state index is -0.560. The highest BCUT2D eigenvalue weighted by Crippen LogP contribution is 2.32. The van der Waals surface area contributed by atoms with E-state index < -0.39 is 17.2 Å². The van der Waals surface area contributed by atoms with E-state index in [1.54, 1.807) is 10.7 Å². The minimum absolute atomic E-state index is 0.417. The number of aromatic nitrogens is 3. The van der Waals surface area contributed by atoms with Crippen LogP contribution in [0.4, 0.5) is 4.79 Å². The Morgan fingerprint density at radius 3 is 2.54 bits per heavy atom. The molecule has 0 unspecified atom stereocenters. The molecule has 1 aliphatic rings. The number of alkyl carbamates (subject to hydrolysis) is 1. The maximum Gasteiger partial charge on any atom is 0.408 e. The largest absolute Gasteiger partial charge is 0.444 e. The molecule has 1 saturated heterocycles. The predicted octanol–water partition coefficient (Wildman–Crippen LogP) is 3.91. The van der Waals surface area contributed by atoms with Crippen molar-refractivity contribution in [3.63, 3.8) is 0 Å². The van der Waals surface area contributed by atoms with E-state index in [4.69, 9.17) is 9.47 Å². The summed E-state index contributed by atoms with van der Waals surface area (Å²) in [6.07, 6.45) is 5.03. The van der Waals surface area contributed by atoms with Crippen molar-refractivity contribution < 1.29 is 14.3 Å². The van der Waals surface area contributed by atoms with E-state index in [0.717, 1.165) is 26.8 Å². The van der Waals surface area contributed by atoms with Crippen molar-refractivity contribution in [2.45, 2.75) is 31.9 Å². The van der Waals surface area contributed by atoms with Gasteiger partial charge in [-0.3, -0.25) is 0 Å². The lowest BCUT2D eigenvalue weighted by Gasteiger charge is -2.42. The van der Waals surface area contributed by atoms with Crippen LogP contribution >= 0.6 is 15.9 Å². The molecule has 28 heavy (non-hydrogen) atoms. The summed E-state index contributed by atoms with van der Waals surface area (Å²) in [5, 5.41) is 7.25. The molecule has 1 aromatic carbocycles. The number of nitrogens with one attached hydrogen (secondary N) is 1. The maximum atomic E-state index is 12.2. The van der Waals surface area contributed by atoms with Gasteiger partial charge in [-0.25, -0.2) is 14.3 Å². The average molecular weight is 445 g/mol. The van der Waals surface area contributed by atoms with E-state index in [9.17, 15) is 4.79 Å². The first-order chi connectivity index (χ1) is 13.3. The number of amides is 1. The molecular formula is C20H21BrN4O3. The lowest BCUT2D eigenvalue weighted by Crippen LogP contribution is -2.60. The van der Waals surface area contributed by atoms with Gasteiger partial charge in [0.25, 0.3) is 0 Å². The van der Waals surface area contributed by atoms with Crippen LogP contribution in [0.2, 0.25) is 0 Å². The molecule has 1 N–H and O–H groups in total. The molecule has 3 heterocycles. The molecular weight excluding hydrogens is 424 g/mol. The van der Waals surface area contributed by atoms with E-state index in [-0.39, 0.29) is 0 Å². The summed E-state index contributed by atoms with van der Waals surface area (Å²) in [5.41, 5.74) is 2.60. The fourth-order valence-corrected chi connectivity index (χ4v) is 3.47. The maximum absolute atomic E-state index is 12.2. The van der Waals surface area contributed by atoms with E-state index in [2.05, 4.69) is 31.3 Å². The summed E-state index contributed by atoms with van der Waals surface area (Å²) in [4.78, 5) is 16.7. The lowest BCUT2D eigenvalue weighted by molar-refractivity contribution is -0.0797. The highest BCUT2D eigenvalue weighted by molar-refractivity contribution is 9.10. The number of carbonyl (C=O) groups is 1. The van der Waals surface area contributed by atoms with Crippen LogP contribution in [0.3, 0.4) is 0 Å². The Kier molecular flexibility index (Phi) is 4.63. The second-order valence-corrected chi connectivity index (χ2v) is 8.74. The minimum Gasteiger partial charge on any atom is -0.444 e. The topological polar surface area (TPSA) is 77.8 Å². The zero-order chi connectivity index (χ0) is 19.9. The molecule has 1 fully saturated rings. The summed E-state index contributed by atoms with van der Waals surface area (Å²) in [7, 11) is 0. The first kappa shape index (κ1) is 18.9. The molecule has 1 amide bonds. The van der Waals surface area contributed by atoms with Gasteiger partial charge in [0.1, 0.15) is 11.1 Å². The Morgan fingerprint density at radius 2 is 1.93 bits per heavy atom. The van der Waals surface area contributed by atoms with Crippen molar-refractivity contribution in [2.75, 3.05) is 13.2 Å². The average Bonchev–Trinajstić information content (AvgIpc) is 2.97. The third-order valence-corrected chi connectivity index (χ3v) is 5.08. The van der Waals surface area contributed by atoms with Gasteiger partial charge in [0.2, 0.25) is 0 Å². The predicted molar refractivity (Wildman–Crippen MR) is 108 cm³/mol. The standard InChI is InChI=1S/C20H21BrN4O3/c1-19(2,3)28-18(26)24-20(11-27-12-20)15-6-4-13(5-7-15)14-8-22-17-16(21)9-23-25(17)10-14/h4-10H,11-12H2,1-3H3,(H,24,26). The van der Waals surface area contributed by atoms with Crippen molar-refractivity contribution in [1.82, 2.24) is 19.9 Å². The molecule has 4 rings (SSSR count). The zero-order valence-corrected chi connectivity index (χ0v) is 17.5. The number of hydrogen-bond donors (Lipinski definition) is 1. The zero-order valence-electron chi connectivity index (χ0n) is 15.9. The molecule has 146 valence electrons. The smallest absolute Gasteiger partial charge is 0.408 e. The highest BCUT2D eigenvalue weighted by atomic mass is 79.9.